The topological polar surface area (TPSA) is 12.0 Å². The predicted molar refractivity (Wildman–Crippen MR) is 92.5 cm³/mol. The Morgan fingerprint density at radius 1 is 1.05 bits per heavy atom. The number of benzene rings is 2. The van der Waals surface area contributed by atoms with E-state index in [9.17, 15) is 0 Å². The van der Waals surface area contributed by atoms with Gasteiger partial charge in [-0.05, 0) is 55.6 Å². The van der Waals surface area contributed by atoms with E-state index in [1.165, 1.54) is 16.7 Å². The largest absolute Gasteiger partial charge is 0.310 e. The highest BCUT2D eigenvalue weighted by molar-refractivity contribution is 6.35. The Kier molecular flexibility index (Phi) is 5.69. The monoisotopic (exact) mass is 321 g/mol. The van der Waals surface area contributed by atoms with Crippen LogP contribution in [0.3, 0.4) is 0 Å². The van der Waals surface area contributed by atoms with E-state index in [1.807, 2.05) is 18.2 Å². The van der Waals surface area contributed by atoms with E-state index < -0.39 is 0 Å². The zero-order valence-corrected chi connectivity index (χ0v) is 14.2. The third kappa shape index (κ3) is 4.23. The summed E-state index contributed by atoms with van der Waals surface area (Å²) in [5.74, 6) is 0. The summed E-state index contributed by atoms with van der Waals surface area (Å²) in [5, 5.41) is 4.97. The SMILES string of the molecule is CCNC(Cc1ccc(Cl)cc1Cl)c1cc(C)ccc1C. The molecule has 2 rings (SSSR count). The summed E-state index contributed by atoms with van der Waals surface area (Å²) in [6.45, 7) is 7.33. The smallest absolute Gasteiger partial charge is 0.0453 e. The van der Waals surface area contributed by atoms with Crippen LogP contribution in [0.4, 0.5) is 0 Å². The van der Waals surface area contributed by atoms with Crippen LogP contribution in [0, 0.1) is 13.8 Å². The Morgan fingerprint density at radius 3 is 2.48 bits per heavy atom. The van der Waals surface area contributed by atoms with E-state index in [1.54, 1.807) is 0 Å². The summed E-state index contributed by atoms with van der Waals surface area (Å²) in [4.78, 5) is 0. The average Bonchev–Trinajstić information content (AvgIpc) is 2.44. The lowest BCUT2D eigenvalue weighted by molar-refractivity contribution is 0.547. The van der Waals surface area contributed by atoms with Crippen LogP contribution >= 0.6 is 23.2 Å². The summed E-state index contributed by atoms with van der Waals surface area (Å²) >= 11 is 12.3. The minimum atomic E-state index is 0.258. The van der Waals surface area contributed by atoms with Gasteiger partial charge >= 0.3 is 0 Å². The van der Waals surface area contributed by atoms with Crippen molar-refractivity contribution in [2.24, 2.45) is 0 Å². The second kappa shape index (κ2) is 7.31. The average molecular weight is 322 g/mol. The molecular weight excluding hydrogens is 301 g/mol. The van der Waals surface area contributed by atoms with Gasteiger partial charge in [0, 0.05) is 16.1 Å². The molecule has 1 nitrogen and oxygen atoms in total. The van der Waals surface area contributed by atoms with Gasteiger partial charge in [0.25, 0.3) is 0 Å². The highest BCUT2D eigenvalue weighted by Gasteiger charge is 2.15. The van der Waals surface area contributed by atoms with Crippen molar-refractivity contribution in [1.29, 1.82) is 0 Å². The van der Waals surface area contributed by atoms with Crippen molar-refractivity contribution < 1.29 is 0 Å². The Balaban J connectivity index is 2.32. The van der Waals surface area contributed by atoms with Crippen LogP contribution in [0.5, 0.6) is 0 Å². The van der Waals surface area contributed by atoms with Crippen LogP contribution in [-0.4, -0.2) is 6.54 Å². The number of likely N-dealkylation sites (N-methyl/N-ethyl adjacent to an activating group) is 1. The van der Waals surface area contributed by atoms with Gasteiger partial charge in [0.05, 0.1) is 0 Å². The zero-order chi connectivity index (χ0) is 15.4. The van der Waals surface area contributed by atoms with Gasteiger partial charge in [0.1, 0.15) is 0 Å². The van der Waals surface area contributed by atoms with Gasteiger partial charge < -0.3 is 5.32 Å². The van der Waals surface area contributed by atoms with Crippen LogP contribution in [-0.2, 0) is 6.42 Å². The summed E-state index contributed by atoms with van der Waals surface area (Å²) in [7, 11) is 0. The molecule has 0 radical (unpaired) electrons. The number of halogens is 2. The van der Waals surface area contributed by atoms with Crippen LogP contribution in [0.2, 0.25) is 10.0 Å². The molecular formula is C18H21Cl2N. The minimum Gasteiger partial charge on any atom is -0.310 e. The van der Waals surface area contributed by atoms with Crippen LogP contribution in [0.15, 0.2) is 36.4 Å². The number of nitrogens with one attached hydrogen (secondary N) is 1. The molecule has 0 aromatic heterocycles. The highest BCUT2D eigenvalue weighted by atomic mass is 35.5. The van der Waals surface area contributed by atoms with Crippen LogP contribution in [0.1, 0.15) is 35.2 Å². The summed E-state index contributed by atoms with van der Waals surface area (Å²) in [6.07, 6.45) is 0.855. The number of hydrogen-bond donors (Lipinski definition) is 1. The van der Waals surface area contributed by atoms with E-state index >= 15 is 0 Å². The van der Waals surface area contributed by atoms with Crippen molar-refractivity contribution >= 4 is 23.2 Å². The minimum absolute atomic E-state index is 0.258. The van der Waals surface area contributed by atoms with Gasteiger partial charge in [0.2, 0.25) is 0 Å². The molecule has 1 N–H and O–H groups in total. The van der Waals surface area contributed by atoms with Crippen molar-refractivity contribution in [2.45, 2.75) is 33.2 Å². The molecule has 0 amide bonds. The van der Waals surface area contributed by atoms with E-state index in [4.69, 9.17) is 23.2 Å². The third-order valence-electron chi connectivity index (χ3n) is 3.70. The Hall–Kier alpha value is -1.02. The maximum atomic E-state index is 6.32. The Morgan fingerprint density at radius 2 is 1.81 bits per heavy atom. The van der Waals surface area contributed by atoms with Gasteiger partial charge in [-0.15, -0.1) is 0 Å². The van der Waals surface area contributed by atoms with Crippen molar-refractivity contribution in [3.05, 3.63) is 68.7 Å². The van der Waals surface area contributed by atoms with Crippen molar-refractivity contribution in [3.63, 3.8) is 0 Å². The molecule has 0 fully saturated rings. The summed E-state index contributed by atoms with van der Waals surface area (Å²) in [5.41, 5.74) is 5.04. The summed E-state index contributed by atoms with van der Waals surface area (Å²) in [6, 6.07) is 12.6. The van der Waals surface area contributed by atoms with Gasteiger partial charge in [-0.3, -0.25) is 0 Å². The molecule has 0 bridgehead atoms. The fourth-order valence-corrected chi connectivity index (χ4v) is 3.07. The van der Waals surface area contributed by atoms with E-state index in [0.29, 0.717) is 5.02 Å². The number of rotatable bonds is 5. The van der Waals surface area contributed by atoms with Crippen LogP contribution < -0.4 is 5.32 Å². The lowest BCUT2D eigenvalue weighted by Gasteiger charge is -2.22. The quantitative estimate of drug-likeness (QED) is 0.766. The molecule has 0 saturated heterocycles. The molecule has 3 heteroatoms. The van der Waals surface area contributed by atoms with E-state index in [2.05, 4.69) is 44.3 Å². The van der Waals surface area contributed by atoms with Gasteiger partial charge in [-0.25, -0.2) is 0 Å². The number of hydrogen-bond acceptors (Lipinski definition) is 1. The molecule has 2 aromatic carbocycles. The molecule has 1 atom stereocenters. The lowest BCUT2D eigenvalue weighted by atomic mass is 9.94. The molecule has 1 unspecified atom stereocenters. The molecule has 0 spiro atoms. The molecule has 0 aliphatic rings. The van der Waals surface area contributed by atoms with Crippen molar-refractivity contribution in [1.82, 2.24) is 5.32 Å². The van der Waals surface area contributed by atoms with Gasteiger partial charge in [-0.2, -0.15) is 0 Å². The molecule has 112 valence electrons. The highest BCUT2D eigenvalue weighted by Crippen LogP contribution is 2.28. The Labute approximate surface area is 137 Å². The zero-order valence-electron chi connectivity index (χ0n) is 12.7. The molecule has 0 saturated carbocycles. The fraction of sp³-hybridized carbons (Fsp3) is 0.333. The van der Waals surface area contributed by atoms with Crippen molar-refractivity contribution in [2.75, 3.05) is 6.54 Å². The predicted octanol–water partition coefficient (Wildman–Crippen LogP) is 5.50. The first-order valence-electron chi connectivity index (χ1n) is 7.25. The number of aryl methyl sites for hydroxylation is 2. The molecule has 0 aliphatic carbocycles. The molecule has 0 aliphatic heterocycles. The third-order valence-corrected chi connectivity index (χ3v) is 4.29. The first-order valence-corrected chi connectivity index (χ1v) is 8.01. The van der Waals surface area contributed by atoms with E-state index in [-0.39, 0.29) is 6.04 Å². The molecule has 2 aromatic rings. The standard InChI is InChI=1S/C18H21Cl2N/c1-4-21-18(16-9-12(2)5-6-13(16)3)10-14-7-8-15(19)11-17(14)20/h5-9,11,18,21H,4,10H2,1-3H3. The maximum absolute atomic E-state index is 6.32. The van der Waals surface area contributed by atoms with Crippen LogP contribution in [0.25, 0.3) is 0 Å². The van der Waals surface area contributed by atoms with Gasteiger partial charge in [-0.1, -0.05) is 60.0 Å². The second-order valence-corrected chi connectivity index (χ2v) is 6.25. The first kappa shape index (κ1) is 16.4. The fourth-order valence-electron chi connectivity index (χ4n) is 2.58. The van der Waals surface area contributed by atoms with Crippen molar-refractivity contribution in [3.8, 4) is 0 Å². The maximum Gasteiger partial charge on any atom is 0.0453 e. The van der Waals surface area contributed by atoms with E-state index in [0.717, 1.165) is 23.6 Å². The molecule has 0 heterocycles. The first-order chi connectivity index (χ1) is 10.0. The Bertz CT molecular complexity index is 623. The normalized spacial score (nSPS) is 12.4. The van der Waals surface area contributed by atoms with Gasteiger partial charge in [0.15, 0.2) is 0 Å². The second-order valence-electron chi connectivity index (χ2n) is 5.41. The lowest BCUT2D eigenvalue weighted by Crippen LogP contribution is -2.24. The molecule has 21 heavy (non-hydrogen) atoms. The summed E-state index contributed by atoms with van der Waals surface area (Å²) < 4.78 is 0.